The van der Waals surface area contributed by atoms with Crippen molar-refractivity contribution < 1.29 is 19.1 Å². The summed E-state index contributed by atoms with van der Waals surface area (Å²) < 4.78 is 5.20. The highest BCUT2D eigenvalue weighted by Gasteiger charge is 2.41. The number of nitrogens with zero attached hydrogens (tertiary/aromatic N) is 3. The van der Waals surface area contributed by atoms with E-state index in [-0.39, 0.29) is 29.9 Å². The van der Waals surface area contributed by atoms with Gasteiger partial charge in [-0.2, -0.15) is 0 Å². The van der Waals surface area contributed by atoms with Crippen molar-refractivity contribution in [2.75, 3.05) is 24.7 Å². The normalized spacial score (nSPS) is 16.0. The van der Waals surface area contributed by atoms with E-state index in [9.17, 15) is 14.4 Å². The number of amidine groups is 2. The largest absolute Gasteiger partial charge is 0.497 e. The molecule has 188 valence electrons. The maximum absolute atomic E-state index is 13.3. The van der Waals surface area contributed by atoms with E-state index in [0.717, 1.165) is 18.4 Å². The molecule has 0 spiro atoms. The number of carbonyl (C=O) groups is 3. The molecule has 0 fully saturated rings. The standard InChI is InChI=1S/C26H29N5O4S/c1-3-4-14-27-22(32)13-12-21-25(34)31-24(29-21)19-10-5-6-11-20(19)30-26(31)36-16-23(33)28-17-8-7-9-18(15-17)35-2/h5-11,15,21H,3-4,12-14,16H2,1-2H3,(H,27,32)(H,28,33). The average Bonchev–Trinajstić information content (AvgIpc) is 3.23. The van der Waals surface area contributed by atoms with Gasteiger partial charge in [-0.3, -0.25) is 19.4 Å². The van der Waals surface area contributed by atoms with E-state index in [1.165, 1.54) is 16.7 Å². The number of carbonyl (C=O) groups excluding carboxylic acids is 3. The number of benzene rings is 2. The van der Waals surface area contributed by atoms with Crippen molar-refractivity contribution in [3.63, 3.8) is 0 Å². The Morgan fingerprint density at radius 2 is 1.97 bits per heavy atom. The van der Waals surface area contributed by atoms with E-state index in [0.29, 0.717) is 41.1 Å². The summed E-state index contributed by atoms with van der Waals surface area (Å²) in [7, 11) is 1.56. The lowest BCUT2D eigenvalue weighted by molar-refractivity contribution is -0.125. The number of unbranched alkanes of at least 4 members (excludes halogenated alkanes) is 1. The van der Waals surface area contributed by atoms with Crippen LogP contribution < -0.4 is 15.4 Å². The third-order valence-electron chi connectivity index (χ3n) is 5.73. The zero-order chi connectivity index (χ0) is 25.5. The maximum atomic E-state index is 13.3. The first-order valence-electron chi connectivity index (χ1n) is 11.9. The Kier molecular flexibility index (Phi) is 8.37. The quantitative estimate of drug-likeness (QED) is 0.476. The average molecular weight is 508 g/mol. The number of nitrogens with one attached hydrogen (secondary N) is 2. The van der Waals surface area contributed by atoms with Gasteiger partial charge in [-0.1, -0.05) is 43.3 Å². The molecule has 36 heavy (non-hydrogen) atoms. The SMILES string of the molecule is CCCCNC(=O)CCC1N=C2c3ccccc3N=C(SCC(=O)Nc3cccc(OC)c3)N2C1=O. The maximum Gasteiger partial charge on any atom is 0.259 e. The van der Waals surface area contributed by atoms with Crippen LogP contribution in [0.5, 0.6) is 5.75 Å². The summed E-state index contributed by atoms with van der Waals surface area (Å²) in [6.07, 6.45) is 2.45. The Bertz CT molecular complexity index is 1210. The van der Waals surface area contributed by atoms with Gasteiger partial charge in [0.05, 0.1) is 18.6 Å². The number of aliphatic imine (C=N–C) groups is 2. The molecule has 2 aliphatic heterocycles. The lowest BCUT2D eigenvalue weighted by atomic mass is 10.1. The molecule has 0 saturated heterocycles. The lowest BCUT2D eigenvalue weighted by Crippen LogP contribution is -2.41. The van der Waals surface area contributed by atoms with Crippen molar-refractivity contribution in [3.8, 4) is 5.75 Å². The molecule has 0 radical (unpaired) electrons. The zero-order valence-corrected chi connectivity index (χ0v) is 21.1. The number of hydrogen-bond acceptors (Lipinski definition) is 7. The van der Waals surface area contributed by atoms with Gasteiger partial charge in [-0.15, -0.1) is 0 Å². The molecule has 2 aliphatic rings. The van der Waals surface area contributed by atoms with Crippen molar-refractivity contribution in [3.05, 3.63) is 54.1 Å². The Morgan fingerprint density at radius 1 is 1.14 bits per heavy atom. The van der Waals surface area contributed by atoms with Crippen LogP contribution >= 0.6 is 11.8 Å². The van der Waals surface area contributed by atoms with E-state index >= 15 is 0 Å². The van der Waals surface area contributed by atoms with E-state index in [1.807, 2.05) is 24.3 Å². The van der Waals surface area contributed by atoms with Crippen molar-refractivity contribution in [2.45, 2.75) is 38.6 Å². The molecule has 1 atom stereocenters. The fourth-order valence-electron chi connectivity index (χ4n) is 3.88. The first-order chi connectivity index (χ1) is 17.5. The van der Waals surface area contributed by atoms with E-state index < -0.39 is 6.04 Å². The smallest absolute Gasteiger partial charge is 0.259 e. The van der Waals surface area contributed by atoms with Gasteiger partial charge in [0, 0.05) is 30.3 Å². The lowest BCUT2D eigenvalue weighted by Gasteiger charge is -2.25. The van der Waals surface area contributed by atoms with Gasteiger partial charge >= 0.3 is 0 Å². The molecule has 0 aromatic heterocycles. The third kappa shape index (κ3) is 5.93. The highest BCUT2D eigenvalue weighted by Crippen LogP contribution is 2.34. The van der Waals surface area contributed by atoms with Crippen LogP contribution in [0, 0.1) is 0 Å². The van der Waals surface area contributed by atoms with Gasteiger partial charge in [0.1, 0.15) is 17.6 Å². The fraction of sp³-hybridized carbons (Fsp3) is 0.346. The monoisotopic (exact) mass is 507 g/mol. The number of hydrogen-bond donors (Lipinski definition) is 2. The number of amides is 3. The highest BCUT2D eigenvalue weighted by atomic mass is 32.2. The van der Waals surface area contributed by atoms with Crippen molar-refractivity contribution >= 4 is 51.9 Å². The number of methoxy groups -OCH3 is 1. The van der Waals surface area contributed by atoms with E-state index in [1.54, 1.807) is 31.4 Å². The molecule has 0 bridgehead atoms. The number of ether oxygens (including phenoxy) is 1. The van der Waals surface area contributed by atoms with Gasteiger partial charge in [0.25, 0.3) is 5.91 Å². The fourth-order valence-corrected chi connectivity index (χ4v) is 4.68. The van der Waals surface area contributed by atoms with Crippen LogP contribution in [-0.2, 0) is 14.4 Å². The summed E-state index contributed by atoms with van der Waals surface area (Å²) in [4.78, 5) is 48.9. The van der Waals surface area contributed by atoms with Crippen LogP contribution in [0.3, 0.4) is 0 Å². The highest BCUT2D eigenvalue weighted by molar-refractivity contribution is 8.14. The molecule has 1 unspecified atom stereocenters. The number of thioether (sulfide) groups is 1. The second-order valence-corrected chi connectivity index (χ2v) is 9.31. The second kappa shape index (κ2) is 11.9. The molecule has 3 amide bonds. The minimum atomic E-state index is -0.667. The topological polar surface area (TPSA) is 112 Å². The van der Waals surface area contributed by atoms with Crippen molar-refractivity contribution in [2.24, 2.45) is 9.98 Å². The zero-order valence-electron chi connectivity index (χ0n) is 20.3. The molecule has 9 nitrogen and oxygen atoms in total. The van der Waals surface area contributed by atoms with Crippen LogP contribution in [0.25, 0.3) is 0 Å². The van der Waals surface area contributed by atoms with Crippen LogP contribution in [0.2, 0.25) is 0 Å². The van der Waals surface area contributed by atoms with Gasteiger partial charge in [0.15, 0.2) is 5.17 Å². The molecule has 2 heterocycles. The summed E-state index contributed by atoms with van der Waals surface area (Å²) in [5, 5.41) is 6.11. The predicted octanol–water partition coefficient (Wildman–Crippen LogP) is 3.72. The molecule has 10 heteroatoms. The Hall–Kier alpha value is -3.66. The third-order valence-corrected chi connectivity index (χ3v) is 6.67. The molecule has 2 aromatic carbocycles. The van der Waals surface area contributed by atoms with Gasteiger partial charge in [0.2, 0.25) is 11.8 Å². The molecule has 0 aliphatic carbocycles. The van der Waals surface area contributed by atoms with Gasteiger partial charge in [-0.05, 0) is 37.1 Å². The van der Waals surface area contributed by atoms with E-state index in [4.69, 9.17) is 4.74 Å². The second-order valence-electron chi connectivity index (χ2n) is 8.36. The Morgan fingerprint density at radius 3 is 2.78 bits per heavy atom. The summed E-state index contributed by atoms with van der Waals surface area (Å²) in [6.45, 7) is 2.69. The first kappa shape index (κ1) is 25.4. The predicted molar refractivity (Wildman–Crippen MR) is 142 cm³/mol. The van der Waals surface area contributed by atoms with Crippen molar-refractivity contribution in [1.82, 2.24) is 10.2 Å². The molecular formula is C26H29N5O4S. The molecule has 2 aromatic rings. The van der Waals surface area contributed by atoms with Crippen molar-refractivity contribution in [1.29, 1.82) is 0 Å². The number of para-hydroxylation sites is 1. The van der Waals surface area contributed by atoms with Crippen LogP contribution in [-0.4, -0.2) is 59.1 Å². The summed E-state index contributed by atoms with van der Waals surface area (Å²) in [6, 6.07) is 13.9. The minimum absolute atomic E-state index is 0.0553. The molecule has 0 saturated carbocycles. The first-order valence-corrected chi connectivity index (χ1v) is 12.9. The Balaban J connectivity index is 1.44. The number of fused-ring (bicyclic) bond motifs is 3. The van der Waals surface area contributed by atoms with Crippen LogP contribution in [0.1, 0.15) is 38.2 Å². The van der Waals surface area contributed by atoms with Gasteiger partial charge < -0.3 is 15.4 Å². The van der Waals surface area contributed by atoms with Crippen LogP contribution in [0.4, 0.5) is 11.4 Å². The van der Waals surface area contributed by atoms with E-state index in [2.05, 4.69) is 27.5 Å². The molecule has 4 rings (SSSR count). The van der Waals surface area contributed by atoms with Gasteiger partial charge in [-0.25, -0.2) is 9.89 Å². The molecular weight excluding hydrogens is 478 g/mol. The van der Waals surface area contributed by atoms with Crippen LogP contribution in [0.15, 0.2) is 58.5 Å². The number of rotatable bonds is 10. The summed E-state index contributed by atoms with van der Waals surface area (Å²) in [5.41, 5.74) is 2.06. The summed E-state index contributed by atoms with van der Waals surface area (Å²) in [5.74, 6) is 0.652. The Labute approximate surface area is 214 Å². The minimum Gasteiger partial charge on any atom is -0.497 e. The number of anilines is 1. The summed E-state index contributed by atoms with van der Waals surface area (Å²) >= 11 is 1.17. The molecule has 2 N–H and O–H groups in total.